The van der Waals surface area contributed by atoms with E-state index in [2.05, 4.69) is 15.6 Å². The Balaban J connectivity index is 0.00000576. The van der Waals surface area contributed by atoms with Crippen molar-refractivity contribution in [3.8, 4) is 0 Å². The van der Waals surface area contributed by atoms with Crippen LogP contribution in [0.2, 0.25) is 5.02 Å². The summed E-state index contributed by atoms with van der Waals surface area (Å²) in [5.74, 6) is 0.817. The number of sulfonamides is 1. The first-order valence-electron chi connectivity index (χ1n) is 8.10. The molecule has 1 rings (SSSR count). The van der Waals surface area contributed by atoms with Gasteiger partial charge < -0.3 is 10.6 Å². The smallest absolute Gasteiger partial charge is 0.213 e. The molecule has 0 amide bonds. The summed E-state index contributed by atoms with van der Waals surface area (Å²) in [5, 5.41) is 7.07. The fourth-order valence-electron chi connectivity index (χ4n) is 2.00. The second-order valence-electron chi connectivity index (χ2n) is 5.29. The number of guanidine groups is 1. The summed E-state index contributed by atoms with van der Waals surface area (Å²) in [6, 6.07) is 7.61. The minimum atomic E-state index is -3.12. The zero-order valence-electron chi connectivity index (χ0n) is 15.0. The van der Waals surface area contributed by atoms with E-state index in [-0.39, 0.29) is 29.7 Å². The second-order valence-corrected chi connectivity index (χ2v) is 8.06. The van der Waals surface area contributed by atoms with Crippen molar-refractivity contribution in [2.24, 2.45) is 4.99 Å². The van der Waals surface area contributed by atoms with Crippen molar-refractivity contribution < 1.29 is 8.42 Å². The Kier molecular flexibility index (Phi) is 12.4. The van der Waals surface area contributed by atoms with Crippen molar-refractivity contribution in [2.45, 2.75) is 26.8 Å². The van der Waals surface area contributed by atoms with Gasteiger partial charge in [0.15, 0.2) is 5.96 Å². The maximum absolute atomic E-state index is 11.7. The summed E-state index contributed by atoms with van der Waals surface area (Å²) in [6.45, 7) is 5.99. The van der Waals surface area contributed by atoms with Crippen molar-refractivity contribution in [3.63, 3.8) is 0 Å². The van der Waals surface area contributed by atoms with E-state index in [1.807, 2.05) is 31.2 Å². The second kappa shape index (κ2) is 12.7. The number of rotatable bonds is 9. The van der Waals surface area contributed by atoms with Gasteiger partial charge in [-0.1, -0.05) is 29.8 Å². The van der Waals surface area contributed by atoms with Gasteiger partial charge in [-0.2, -0.15) is 0 Å². The summed E-state index contributed by atoms with van der Waals surface area (Å²) in [7, 11) is -1.51. The molecule has 0 unspecified atom stereocenters. The zero-order valence-corrected chi connectivity index (χ0v) is 18.9. The highest BCUT2D eigenvalue weighted by Gasteiger charge is 2.13. The summed E-state index contributed by atoms with van der Waals surface area (Å²) < 4.78 is 24.7. The molecule has 0 aliphatic heterocycles. The monoisotopic (exact) mass is 502 g/mol. The van der Waals surface area contributed by atoms with Crippen LogP contribution in [0.25, 0.3) is 0 Å². The molecule has 0 bridgehead atoms. The number of nitrogens with zero attached hydrogens (tertiary/aromatic N) is 2. The maximum Gasteiger partial charge on any atom is 0.213 e. The molecule has 1 aromatic carbocycles. The summed E-state index contributed by atoms with van der Waals surface area (Å²) in [6.07, 6.45) is 0.701. The lowest BCUT2D eigenvalue weighted by Gasteiger charge is -2.16. The van der Waals surface area contributed by atoms with Crippen molar-refractivity contribution >= 4 is 51.6 Å². The third-order valence-corrected chi connectivity index (χ3v) is 5.72. The van der Waals surface area contributed by atoms with Gasteiger partial charge in [-0.15, -0.1) is 24.0 Å². The molecule has 1 aromatic rings. The van der Waals surface area contributed by atoms with E-state index in [9.17, 15) is 8.42 Å². The van der Waals surface area contributed by atoms with E-state index in [1.54, 1.807) is 14.0 Å². The Morgan fingerprint density at radius 2 is 1.92 bits per heavy atom. The third kappa shape index (κ3) is 9.07. The molecule has 25 heavy (non-hydrogen) atoms. The van der Waals surface area contributed by atoms with Crippen molar-refractivity contribution in [1.29, 1.82) is 0 Å². The summed E-state index contributed by atoms with van der Waals surface area (Å²) >= 11 is 6.13. The zero-order chi connectivity index (χ0) is 18.0. The van der Waals surface area contributed by atoms with Gasteiger partial charge in [0.05, 0.1) is 12.3 Å². The van der Waals surface area contributed by atoms with E-state index < -0.39 is 10.0 Å². The standard InChI is InChI=1S/C16H27ClN4O2S.HI/c1-4-18-16(20-13-14-9-6-7-10-15(14)17)19-11-8-12-21(3)24(22,23)5-2;/h6-7,9-10H,4-5,8,11-13H2,1-3H3,(H2,18,19,20);1H. The molecule has 0 saturated carbocycles. The van der Waals surface area contributed by atoms with Gasteiger partial charge in [-0.3, -0.25) is 0 Å². The van der Waals surface area contributed by atoms with Crippen LogP contribution in [0.15, 0.2) is 29.3 Å². The molecule has 0 atom stereocenters. The average molecular weight is 503 g/mol. The first-order chi connectivity index (χ1) is 11.4. The SMILES string of the molecule is CCNC(=NCc1ccccc1Cl)NCCCN(C)S(=O)(=O)CC.I. The molecule has 0 aliphatic rings. The van der Waals surface area contributed by atoms with Gasteiger partial charge in [0, 0.05) is 31.7 Å². The van der Waals surface area contributed by atoms with Crippen LogP contribution in [-0.2, 0) is 16.6 Å². The van der Waals surface area contributed by atoms with Gasteiger partial charge in [-0.05, 0) is 31.9 Å². The summed E-state index contributed by atoms with van der Waals surface area (Å²) in [4.78, 5) is 4.50. The third-order valence-electron chi connectivity index (χ3n) is 3.49. The largest absolute Gasteiger partial charge is 0.357 e. The van der Waals surface area contributed by atoms with Gasteiger partial charge in [-0.25, -0.2) is 17.7 Å². The first kappa shape index (κ1) is 24.4. The molecular weight excluding hydrogens is 475 g/mol. The highest BCUT2D eigenvalue weighted by atomic mass is 127. The summed E-state index contributed by atoms with van der Waals surface area (Å²) in [5.41, 5.74) is 0.963. The molecule has 0 saturated heterocycles. The average Bonchev–Trinajstić information content (AvgIpc) is 2.57. The Bertz CT molecular complexity index is 641. The van der Waals surface area contributed by atoms with Crippen LogP contribution in [0.4, 0.5) is 0 Å². The number of nitrogens with one attached hydrogen (secondary N) is 2. The normalized spacial score (nSPS) is 12.0. The molecule has 9 heteroatoms. The van der Waals surface area contributed by atoms with Crippen LogP contribution in [0.3, 0.4) is 0 Å². The Labute approximate surface area is 173 Å². The molecule has 2 N–H and O–H groups in total. The van der Waals surface area contributed by atoms with Crippen LogP contribution < -0.4 is 10.6 Å². The number of benzene rings is 1. The van der Waals surface area contributed by atoms with Crippen LogP contribution in [-0.4, -0.2) is 51.1 Å². The molecule has 0 aromatic heterocycles. The van der Waals surface area contributed by atoms with Crippen molar-refractivity contribution in [1.82, 2.24) is 14.9 Å². The fraction of sp³-hybridized carbons (Fsp3) is 0.562. The minimum Gasteiger partial charge on any atom is -0.357 e. The van der Waals surface area contributed by atoms with Gasteiger partial charge >= 0.3 is 0 Å². The molecule has 144 valence electrons. The minimum absolute atomic E-state index is 0. The van der Waals surface area contributed by atoms with E-state index >= 15 is 0 Å². The van der Waals surface area contributed by atoms with Crippen LogP contribution in [0, 0.1) is 0 Å². The number of hydrogen-bond acceptors (Lipinski definition) is 3. The number of halogens is 2. The highest BCUT2D eigenvalue weighted by molar-refractivity contribution is 14.0. The fourth-order valence-corrected chi connectivity index (χ4v) is 3.04. The molecule has 0 fully saturated rings. The first-order valence-corrected chi connectivity index (χ1v) is 10.1. The molecular formula is C16H28ClIN4O2S. The lowest BCUT2D eigenvalue weighted by atomic mass is 10.2. The Morgan fingerprint density at radius 3 is 2.52 bits per heavy atom. The van der Waals surface area contributed by atoms with E-state index in [0.717, 1.165) is 12.1 Å². The lowest BCUT2D eigenvalue weighted by molar-refractivity contribution is 0.461. The topological polar surface area (TPSA) is 73.8 Å². The predicted molar refractivity (Wildman–Crippen MR) is 116 cm³/mol. The van der Waals surface area contributed by atoms with E-state index in [4.69, 9.17) is 11.6 Å². The van der Waals surface area contributed by atoms with Crippen molar-refractivity contribution in [2.75, 3.05) is 32.4 Å². The molecule has 0 aliphatic carbocycles. The highest BCUT2D eigenvalue weighted by Crippen LogP contribution is 2.15. The maximum atomic E-state index is 11.7. The number of hydrogen-bond donors (Lipinski definition) is 2. The molecule has 0 heterocycles. The number of aliphatic imine (C=N–C) groups is 1. The lowest BCUT2D eigenvalue weighted by Crippen LogP contribution is -2.39. The van der Waals surface area contributed by atoms with Crippen LogP contribution in [0.5, 0.6) is 0 Å². The van der Waals surface area contributed by atoms with Gasteiger partial charge in [0.25, 0.3) is 0 Å². The molecule has 0 spiro atoms. The van der Waals surface area contributed by atoms with Gasteiger partial charge in [0.1, 0.15) is 0 Å². The van der Waals surface area contributed by atoms with E-state index in [0.29, 0.717) is 37.0 Å². The van der Waals surface area contributed by atoms with E-state index in [1.165, 1.54) is 4.31 Å². The Morgan fingerprint density at radius 1 is 1.24 bits per heavy atom. The quantitative estimate of drug-likeness (QED) is 0.236. The van der Waals surface area contributed by atoms with Gasteiger partial charge in [0.2, 0.25) is 10.0 Å². The van der Waals surface area contributed by atoms with Crippen molar-refractivity contribution in [3.05, 3.63) is 34.9 Å². The van der Waals surface area contributed by atoms with Crippen LogP contribution >= 0.6 is 35.6 Å². The Hall–Kier alpha value is -0.580. The predicted octanol–water partition coefficient (Wildman–Crippen LogP) is 2.68. The molecule has 6 nitrogen and oxygen atoms in total. The molecule has 0 radical (unpaired) electrons. The van der Waals surface area contributed by atoms with Crippen LogP contribution in [0.1, 0.15) is 25.8 Å².